The highest BCUT2D eigenvalue weighted by Crippen LogP contribution is 2.19. The van der Waals surface area contributed by atoms with Crippen LogP contribution < -0.4 is 5.32 Å². The summed E-state index contributed by atoms with van der Waals surface area (Å²) in [6, 6.07) is 11.2. The number of carbonyl (C=O) groups excluding carboxylic acids is 2. The average Bonchev–Trinajstić information content (AvgIpc) is 2.59. The van der Waals surface area contributed by atoms with Crippen LogP contribution in [0.1, 0.15) is 38.8 Å². The van der Waals surface area contributed by atoms with Gasteiger partial charge in [-0.05, 0) is 32.0 Å². The van der Waals surface area contributed by atoms with Gasteiger partial charge < -0.3 is 5.32 Å². The van der Waals surface area contributed by atoms with E-state index in [-0.39, 0.29) is 23.6 Å². The van der Waals surface area contributed by atoms with E-state index in [1.807, 2.05) is 0 Å². The van der Waals surface area contributed by atoms with Gasteiger partial charge in [-0.15, -0.1) is 0 Å². The van der Waals surface area contributed by atoms with Crippen LogP contribution in [0.3, 0.4) is 0 Å². The summed E-state index contributed by atoms with van der Waals surface area (Å²) in [6.45, 7) is 3.21. The van der Waals surface area contributed by atoms with Crippen LogP contribution in [0.2, 0.25) is 0 Å². The minimum Gasteiger partial charge on any atom is -0.341 e. The molecule has 1 N–H and O–H groups in total. The minimum atomic E-state index is -0.517. The Labute approximate surface area is 145 Å². The molecule has 2 rings (SSSR count). The normalized spacial score (nSPS) is 9.68. The molecule has 0 unspecified atom stereocenters. The number of amides is 1. The van der Waals surface area contributed by atoms with Crippen molar-refractivity contribution in [2.45, 2.75) is 13.8 Å². The zero-order valence-corrected chi connectivity index (χ0v) is 13.8. The summed E-state index contributed by atoms with van der Waals surface area (Å²) in [4.78, 5) is 33.6. The van der Waals surface area contributed by atoms with Gasteiger partial charge in [0.05, 0.1) is 11.5 Å². The largest absolute Gasteiger partial charge is 0.341 e. The molecule has 0 radical (unpaired) electrons. The Morgan fingerprint density at radius 1 is 1.12 bits per heavy atom. The molecule has 1 amide bonds. The lowest BCUT2D eigenvalue weighted by atomic mass is 10.1. The first-order chi connectivity index (χ1) is 11.9. The number of benzene rings is 2. The molecule has 0 aliphatic heterocycles. The number of nitrogens with one attached hydrogen (secondary N) is 1. The van der Waals surface area contributed by atoms with Crippen LogP contribution in [0.15, 0.2) is 42.5 Å². The molecule has 0 saturated carbocycles. The summed E-state index contributed by atoms with van der Waals surface area (Å²) in [5.74, 6) is 5.23. The second-order valence-electron chi connectivity index (χ2n) is 5.38. The van der Waals surface area contributed by atoms with Gasteiger partial charge in [0.15, 0.2) is 5.78 Å². The van der Waals surface area contributed by atoms with Crippen molar-refractivity contribution in [2.24, 2.45) is 0 Å². The third-order valence-electron chi connectivity index (χ3n) is 3.53. The molecule has 0 bridgehead atoms. The summed E-state index contributed by atoms with van der Waals surface area (Å²) in [5, 5.41) is 13.5. The lowest BCUT2D eigenvalue weighted by Crippen LogP contribution is -2.23. The lowest BCUT2D eigenvalue weighted by Gasteiger charge is -2.03. The Kier molecular flexibility index (Phi) is 5.64. The van der Waals surface area contributed by atoms with Crippen molar-refractivity contribution < 1.29 is 14.5 Å². The molecule has 6 heteroatoms. The van der Waals surface area contributed by atoms with E-state index >= 15 is 0 Å². The van der Waals surface area contributed by atoms with E-state index in [1.165, 1.54) is 25.1 Å². The monoisotopic (exact) mass is 336 g/mol. The van der Waals surface area contributed by atoms with Crippen LogP contribution in [0.5, 0.6) is 0 Å². The summed E-state index contributed by atoms with van der Waals surface area (Å²) >= 11 is 0. The Hall–Kier alpha value is -3.46. The van der Waals surface area contributed by atoms with E-state index in [4.69, 9.17) is 0 Å². The van der Waals surface area contributed by atoms with Crippen LogP contribution in [0.25, 0.3) is 0 Å². The fourth-order valence-corrected chi connectivity index (χ4v) is 2.11. The SMILES string of the molecule is CC(=O)c1ccc(C#CCNC(=O)c2ccc(C)c([N+](=O)[O-])c2)cc1. The first-order valence-electron chi connectivity index (χ1n) is 7.51. The minimum absolute atomic E-state index is 0.0148. The molecular formula is C19H16N2O4. The molecule has 0 heterocycles. The van der Waals surface area contributed by atoms with Gasteiger partial charge in [0.1, 0.15) is 0 Å². The number of ketones is 1. The molecule has 6 nitrogen and oxygen atoms in total. The van der Waals surface area contributed by atoms with E-state index in [0.29, 0.717) is 11.1 Å². The highest BCUT2D eigenvalue weighted by molar-refractivity contribution is 5.95. The number of nitro benzene ring substituents is 1. The molecule has 0 aromatic heterocycles. The number of Topliss-reactive ketones (excluding diaryl/α,β-unsaturated/α-hetero) is 1. The number of hydrogen-bond donors (Lipinski definition) is 1. The quantitative estimate of drug-likeness (QED) is 0.402. The lowest BCUT2D eigenvalue weighted by molar-refractivity contribution is -0.385. The number of aryl methyl sites for hydroxylation is 1. The molecule has 0 fully saturated rings. The van der Waals surface area contributed by atoms with Crippen LogP contribution in [-0.4, -0.2) is 23.2 Å². The molecular weight excluding hydrogens is 320 g/mol. The van der Waals surface area contributed by atoms with Crippen molar-refractivity contribution in [3.05, 3.63) is 74.8 Å². The van der Waals surface area contributed by atoms with Crippen LogP contribution in [0.4, 0.5) is 5.69 Å². The Morgan fingerprint density at radius 2 is 1.76 bits per heavy atom. The van der Waals surface area contributed by atoms with Crippen molar-refractivity contribution in [1.29, 1.82) is 0 Å². The topological polar surface area (TPSA) is 89.3 Å². The molecule has 0 aliphatic rings. The van der Waals surface area contributed by atoms with E-state index in [1.54, 1.807) is 31.2 Å². The molecule has 0 saturated heterocycles. The number of carbonyl (C=O) groups is 2. The van der Waals surface area contributed by atoms with E-state index in [9.17, 15) is 19.7 Å². The van der Waals surface area contributed by atoms with E-state index < -0.39 is 10.8 Å². The maximum atomic E-state index is 12.0. The maximum absolute atomic E-state index is 12.0. The summed E-state index contributed by atoms with van der Waals surface area (Å²) in [7, 11) is 0. The van der Waals surface area contributed by atoms with Gasteiger partial charge in [-0.2, -0.15) is 0 Å². The smallest absolute Gasteiger partial charge is 0.273 e. The van der Waals surface area contributed by atoms with Gasteiger partial charge in [-0.1, -0.05) is 30.0 Å². The van der Waals surface area contributed by atoms with Crippen LogP contribution in [0, 0.1) is 28.9 Å². The Morgan fingerprint density at radius 3 is 2.36 bits per heavy atom. The van der Waals surface area contributed by atoms with Gasteiger partial charge in [-0.3, -0.25) is 19.7 Å². The summed E-state index contributed by atoms with van der Waals surface area (Å²) in [6.07, 6.45) is 0. The molecule has 25 heavy (non-hydrogen) atoms. The van der Waals surface area contributed by atoms with Crippen molar-refractivity contribution in [3.8, 4) is 11.8 Å². The molecule has 126 valence electrons. The summed E-state index contributed by atoms with van der Waals surface area (Å²) in [5.41, 5.74) is 1.95. The molecule has 0 spiro atoms. The number of hydrogen-bond acceptors (Lipinski definition) is 4. The van der Waals surface area contributed by atoms with Gasteiger partial charge >= 0.3 is 0 Å². The highest BCUT2D eigenvalue weighted by Gasteiger charge is 2.14. The molecule has 0 aliphatic carbocycles. The molecule has 0 atom stereocenters. The number of nitro groups is 1. The summed E-state index contributed by atoms with van der Waals surface area (Å²) < 4.78 is 0. The van der Waals surface area contributed by atoms with Gasteiger partial charge in [0.2, 0.25) is 0 Å². The van der Waals surface area contributed by atoms with Gasteiger partial charge in [0.25, 0.3) is 11.6 Å². The average molecular weight is 336 g/mol. The molecule has 2 aromatic carbocycles. The third kappa shape index (κ3) is 4.75. The van der Waals surface area contributed by atoms with Crippen molar-refractivity contribution in [2.75, 3.05) is 6.54 Å². The van der Waals surface area contributed by atoms with Crippen LogP contribution >= 0.6 is 0 Å². The fourth-order valence-electron chi connectivity index (χ4n) is 2.11. The maximum Gasteiger partial charge on any atom is 0.273 e. The Bertz CT molecular complexity index is 890. The zero-order valence-electron chi connectivity index (χ0n) is 13.8. The van der Waals surface area contributed by atoms with Crippen molar-refractivity contribution in [3.63, 3.8) is 0 Å². The van der Waals surface area contributed by atoms with E-state index in [2.05, 4.69) is 17.2 Å². The zero-order chi connectivity index (χ0) is 18.4. The first-order valence-corrected chi connectivity index (χ1v) is 7.51. The predicted octanol–water partition coefficient (Wildman–Crippen LogP) is 2.89. The fraction of sp³-hybridized carbons (Fsp3) is 0.158. The van der Waals surface area contributed by atoms with E-state index in [0.717, 1.165) is 5.56 Å². The second-order valence-corrected chi connectivity index (χ2v) is 5.38. The highest BCUT2D eigenvalue weighted by atomic mass is 16.6. The van der Waals surface area contributed by atoms with Crippen LogP contribution in [-0.2, 0) is 0 Å². The number of rotatable bonds is 4. The molecule has 2 aromatic rings. The number of nitrogens with zero attached hydrogens (tertiary/aromatic N) is 1. The van der Waals surface area contributed by atoms with Gasteiger partial charge in [0, 0.05) is 28.3 Å². The van der Waals surface area contributed by atoms with Crippen molar-refractivity contribution in [1.82, 2.24) is 5.32 Å². The third-order valence-corrected chi connectivity index (χ3v) is 3.53. The predicted molar refractivity (Wildman–Crippen MR) is 93.5 cm³/mol. The van der Waals surface area contributed by atoms with Gasteiger partial charge in [-0.25, -0.2) is 0 Å². The first kappa shape index (κ1) is 17.9. The standard InChI is InChI=1S/C19H16N2O4/c1-13-5-8-17(12-18(13)21(24)25)19(23)20-11-3-4-15-6-9-16(10-7-15)14(2)22/h5-10,12H,11H2,1-2H3,(H,20,23). The van der Waals surface area contributed by atoms with Crippen molar-refractivity contribution >= 4 is 17.4 Å². The second kappa shape index (κ2) is 7.88. The Balaban J connectivity index is 1.98.